The molecular formula is C33H36Cl2N2O6S. The van der Waals surface area contributed by atoms with Gasteiger partial charge in [-0.25, -0.2) is 13.2 Å². The molecule has 0 unspecified atom stereocenters. The number of nitrogens with zero attached hydrogens (tertiary/aromatic N) is 2. The zero-order valence-electron chi connectivity index (χ0n) is 25.4. The number of ether oxygens (including phenoxy) is 1. The van der Waals surface area contributed by atoms with Crippen LogP contribution < -0.4 is 4.31 Å². The van der Waals surface area contributed by atoms with Gasteiger partial charge < -0.3 is 14.1 Å². The Balaban J connectivity index is 1.77. The van der Waals surface area contributed by atoms with Crippen molar-refractivity contribution in [3.63, 3.8) is 0 Å². The number of furan rings is 1. The molecule has 1 aromatic heterocycles. The largest absolute Gasteiger partial charge is 0.460 e. The fourth-order valence-electron chi connectivity index (χ4n) is 5.00. The summed E-state index contributed by atoms with van der Waals surface area (Å²) in [5, 5.41) is 0.896. The Bertz CT molecular complexity index is 1770. The number of benzene rings is 3. The second kappa shape index (κ2) is 13.6. The van der Waals surface area contributed by atoms with E-state index in [0.29, 0.717) is 50.8 Å². The van der Waals surface area contributed by atoms with E-state index in [1.165, 1.54) is 22.5 Å². The van der Waals surface area contributed by atoms with Crippen LogP contribution in [-0.4, -0.2) is 50.8 Å². The number of halogens is 2. The summed E-state index contributed by atoms with van der Waals surface area (Å²) in [6.07, 6.45) is 0. The number of carbonyl (C=O) groups excluding carboxylic acids is 2. The second-order valence-electron chi connectivity index (χ2n) is 11.2. The fraction of sp³-hybridized carbons (Fsp3) is 0.333. The van der Waals surface area contributed by atoms with Crippen LogP contribution in [0.2, 0.25) is 5.02 Å². The van der Waals surface area contributed by atoms with E-state index >= 15 is 0 Å². The lowest BCUT2D eigenvalue weighted by atomic mass is 9.94. The highest BCUT2D eigenvalue weighted by molar-refractivity contribution is 7.92. The Morgan fingerprint density at radius 3 is 2.34 bits per heavy atom. The summed E-state index contributed by atoms with van der Waals surface area (Å²) < 4.78 is 40.4. The highest BCUT2D eigenvalue weighted by atomic mass is 35.5. The van der Waals surface area contributed by atoms with Crippen molar-refractivity contribution in [2.75, 3.05) is 29.9 Å². The Labute approximate surface area is 268 Å². The molecule has 0 aliphatic rings. The van der Waals surface area contributed by atoms with E-state index in [-0.39, 0.29) is 36.3 Å². The lowest BCUT2D eigenvalue weighted by Crippen LogP contribution is -2.40. The Morgan fingerprint density at radius 1 is 1.00 bits per heavy atom. The van der Waals surface area contributed by atoms with Crippen LogP contribution in [0.3, 0.4) is 0 Å². The smallest absolute Gasteiger partial charge is 0.374 e. The van der Waals surface area contributed by atoms with E-state index < -0.39 is 21.4 Å². The molecule has 4 rings (SSSR count). The summed E-state index contributed by atoms with van der Waals surface area (Å²) in [6.45, 7) is 9.76. The minimum Gasteiger partial charge on any atom is -0.460 e. The number of amides is 1. The summed E-state index contributed by atoms with van der Waals surface area (Å²) in [4.78, 5) is 27.8. The molecule has 8 nitrogen and oxygen atoms in total. The van der Waals surface area contributed by atoms with Gasteiger partial charge in [-0.15, -0.1) is 11.6 Å². The molecule has 4 aromatic rings. The molecule has 0 atom stereocenters. The molecule has 0 bridgehead atoms. The van der Waals surface area contributed by atoms with Crippen LogP contribution in [0.5, 0.6) is 0 Å². The van der Waals surface area contributed by atoms with E-state index in [0.717, 1.165) is 0 Å². The predicted molar refractivity (Wildman–Crippen MR) is 174 cm³/mol. The molecule has 0 N–H and O–H groups in total. The molecule has 0 saturated carbocycles. The van der Waals surface area contributed by atoms with Gasteiger partial charge in [0.1, 0.15) is 5.58 Å². The molecule has 3 aromatic carbocycles. The lowest BCUT2D eigenvalue weighted by molar-refractivity contribution is 0.0491. The van der Waals surface area contributed by atoms with Gasteiger partial charge in [-0.05, 0) is 80.3 Å². The van der Waals surface area contributed by atoms with E-state index in [1.54, 1.807) is 68.1 Å². The standard InChI is InChI=1S/C33H36Cl2N2O6S/c1-6-37(44(40,41)26-14-16-29-27(18-26)22(3)30(43-29)32(39)42-7-2)28-15-13-25(35)17-24(28)19-36(21-33(4,5)20-34)31(38)23-11-9-8-10-12-23/h8-18H,6-7,19-21H2,1-5H3. The van der Waals surface area contributed by atoms with Crippen LogP contribution in [0.25, 0.3) is 11.0 Å². The molecular weight excluding hydrogens is 623 g/mol. The number of fused-ring (bicyclic) bond motifs is 1. The first-order valence-electron chi connectivity index (χ1n) is 14.2. The molecule has 0 radical (unpaired) electrons. The molecule has 234 valence electrons. The zero-order chi connectivity index (χ0) is 32.2. The number of rotatable bonds is 12. The quantitative estimate of drug-likeness (QED) is 0.114. The van der Waals surface area contributed by atoms with Crippen molar-refractivity contribution in [1.29, 1.82) is 0 Å². The monoisotopic (exact) mass is 658 g/mol. The number of hydrogen-bond acceptors (Lipinski definition) is 6. The summed E-state index contributed by atoms with van der Waals surface area (Å²) in [6, 6.07) is 18.3. The molecule has 0 aliphatic heterocycles. The highest BCUT2D eigenvalue weighted by Gasteiger charge is 2.30. The third-order valence-electron chi connectivity index (χ3n) is 7.20. The first-order valence-corrected chi connectivity index (χ1v) is 16.6. The van der Waals surface area contributed by atoms with Crippen LogP contribution in [0.4, 0.5) is 5.69 Å². The van der Waals surface area contributed by atoms with E-state index in [2.05, 4.69) is 0 Å². The maximum atomic E-state index is 14.2. The molecule has 44 heavy (non-hydrogen) atoms. The van der Waals surface area contributed by atoms with E-state index in [9.17, 15) is 18.0 Å². The van der Waals surface area contributed by atoms with Crippen LogP contribution in [0.1, 0.15) is 59.7 Å². The normalized spacial score (nSPS) is 11.9. The Morgan fingerprint density at radius 2 is 1.70 bits per heavy atom. The number of carbonyl (C=O) groups is 2. The van der Waals surface area contributed by atoms with Crippen LogP contribution >= 0.6 is 23.2 Å². The number of sulfonamides is 1. The summed E-state index contributed by atoms with van der Waals surface area (Å²) >= 11 is 12.7. The average molecular weight is 660 g/mol. The first kappa shape index (κ1) is 33.4. The minimum absolute atomic E-state index is 0.0209. The number of hydrogen-bond donors (Lipinski definition) is 0. The lowest BCUT2D eigenvalue weighted by Gasteiger charge is -2.33. The van der Waals surface area contributed by atoms with Gasteiger partial charge in [0.2, 0.25) is 5.76 Å². The number of alkyl halides is 1. The fourth-order valence-corrected chi connectivity index (χ4v) is 6.82. The zero-order valence-corrected chi connectivity index (χ0v) is 27.7. The van der Waals surface area contributed by atoms with E-state index in [1.807, 2.05) is 19.9 Å². The summed E-state index contributed by atoms with van der Waals surface area (Å²) in [7, 11) is -4.11. The van der Waals surface area contributed by atoms with Gasteiger partial charge in [0.05, 0.1) is 17.2 Å². The summed E-state index contributed by atoms with van der Waals surface area (Å²) in [5.41, 5.74) is 1.90. The Hall–Kier alpha value is -3.53. The van der Waals surface area contributed by atoms with Crippen molar-refractivity contribution in [3.8, 4) is 0 Å². The van der Waals surface area contributed by atoms with Crippen LogP contribution in [0.15, 0.2) is 76.0 Å². The Kier molecular flexibility index (Phi) is 10.3. The molecule has 0 saturated heterocycles. The maximum Gasteiger partial charge on any atom is 0.374 e. The van der Waals surface area contributed by atoms with Crippen molar-refractivity contribution in [2.45, 2.75) is 46.1 Å². The SMILES string of the molecule is CCOC(=O)c1oc2ccc(S(=O)(=O)N(CC)c3ccc(Cl)cc3CN(CC(C)(C)CCl)C(=O)c3ccccc3)cc2c1C. The van der Waals surface area contributed by atoms with Gasteiger partial charge in [-0.2, -0.15) is 0 Å². The van der Waals surface area contributed by atoms with E-state index in [4.69, 9.17) is 32.4 Å². The van der Waals surface area contributed by atoms with Gasteiger partial charge in [-0.3, -0.25) is 9.10 Å². The van der Waals surface area contributed by atoms with Gasteiger partial charge in [0, 0.05) is 47.1 Å². The maximum absolute atomic E-state index is 14.2. The van der Waals surface area contributed by atoms with Gasteiger partial charge in [0.15, 0.2) is 0 Å². The number of aryl methyl sites for hydroxylation is 1. The minimum atomic E-state index is -4.11. The third-order valence-corrected chi connectivity index (χ3v) is 10.0. The molecule has 0 aliphatic carbocycles. The van der Waals surface area contributed by atoms with Gasteiger partial charge in [-0.1, -0.05) is 43.6 Å². The van der Waals surface area contributed by atoms with Crippen molar-refractivity contribution >= 4 is 61.8 Å². The van der Waals surface area contributed by atoms with Gasteiger partial charge >= 0.3 is 5.97 Å². The van der Waals surface area contributed by atoms with Crippen molar-refractivity contribution in [1.82, 2.24) is 4.90 Å². The summed E-state index contributed by atoms with van der Waals surface area (Å²) in [5.74, 6) is -0.471. The topological polar surface area (TPSA) is 97.1 Å². The molecule has 1 amide bonds. The third kappa shape index (κ3) is 7.06. The van der Waals surface area contributed by atoms with Crippen LogP contribution in [0, 0.1) is 12.3 Å². The second-order valence-corrected chi connectivity index (χ2v) is 13.8. The average Bonchev–Trinajstić information content (AvgIpc) is 3.34. The molecule has 0 fully saturated rings. The van der Waals surface area contributed by atoms with Gasteiger partial charge in [0.25, 0.3) is 15.9 Å². The van der Waals surface area contributed by atoms with Crippen molar-refractivity contribution in [2.24, 2.45) is 5.41 Å². The van der Waals surface area contributed by atoms with Crippen molar-refractivity contribution < 1.29 is 27.2 Å². The molecule has 0 spiro atoms. The number of esters is 1. The molecule has 1 heterocycles. The molecule has 11 heteroatoms. The first-order chi connectivity index (χ1) is 20.8. The predicted octanol–water partition coefficient (Wildman–Crippen LogP) is 7.69. The number of anilines is 1. The highest BCUT2D eigenvalue weighted by Crippen LogP contribution is 2.34. The van der Waals surface area contributed by atoms with Crippen molar-refractivity contribution in [3.05, 3.63) is 94.2 Å². The van der Waals surface area contributed by atoms with Crippen LogP contribution in [-0.2, 0) is 21.3 Å².